The molecule has 0 atom stereocenters. The largest absolute Gasteiger partial charge is 0.343 e. The zero-order chi connectivity index (χ0) is 20.3. The molecule has 2 aliphatic rings. The van der Waals surface area contributed by atoms with E-state index < -0.39 is 0 Å². The summed E-state index contributed by atoms with van der Waals surface area (Å²) in [5.41, 5.74) is 1.11. The quantitative estimate of drug-likeness (QED) is 0.617. The average molecular weight is 421 g/mol. The van der Waals surface area contributed by atoms with Gasteiger partial charge in [-0.25, -0.2) is 0 Å². The molecule has 5 nitrogen and oxygen atoms in total. The molecule has 1 aromatic heterocycles. The molecule has 2 fully saturated rings. The Kier molecular flexibility index (Phi) is 5.67. The molecule has 5 rings (SSSR count). The maximum atomic E-state index is 12.9. The summed E-state index contributed by atoms with van der Waals surface area (Å²) < 4.78 is 0. The number of carbonyl (C=O) groups is 1. The van der Waals surface area contributed by atoms with Crippen molar-refractivity contribution >= 4 is 33.1 Å². The maximum Gasteiger partial charge on any atom is 0.227 e. The molecule has 1 aliphatic carbocycles. The van der Waals surface area contributed by atoms with Gasteiger partial charge in [0.25, 0.3) is 0 Å². The van der Waals surface area contributed by atoms with Gasteiger partial charge in [0.05, 0.1) is 6.42 Å². The minimum atomic E-state index is 0.214. The van der Waals surface area contributed by atoms with Gasteiger partial charge in [-0.05, 0) is 29.2 Å². The van der Waals surface area contributed by atoms with Crippen LogP contribution < -0.4 is 4.90 Å². The van der Waals surface area contributed by atoms with Crippen LogP contribution in [0.3, 0.4) is 0 Å². The highest BCUT2D eigenvalue weighted by Gasteiger charge is 2.25. The van der Waals surface area contributed by atoms with Gasteiger partial charge in [0.1, 0.15) is 5.01 Å². The van der Waals surface area contributed by atoms with Crippen LogP contribution in [0.4, 0.5) is 5.13 Å². The molecule has 156 valence electrons. The lowest BCUT2D eigenvalue weighted by molar-refractivity contribution is -0.130. The summed E-state index contributed by atoms with van der Waals surface area (Å²) in [6.07, 6.45) is 6.97. The van der Waals surface area contributed by atoms with Gasteiger partial charge in [0.15, 0.2) is 0 Å². The van der Waals surface area contributed by atoms with Crippen LogP contribution in [0, 0.1) is 0 Å². The number of benzene rings is 2. The van der Waals surface area contributed by atoms with Crippen LogP contribution in [-0.4, -0.2) is 47.2 Å². The highest BCUT2D eigenvalue weighted by atomic mass is 32.1. The van der Waals surface area contributed by atoms with E-state index in [1.807, 2.05) is 23.1 Å². The van der Waals surface area contributed by atoms with Crippen LogP contribution in [0.1, 0.15) is 48.6 Å². The first-order valence-electron chi connectivity index (χ1n) is 11.1. The van der Waals surface area contributed by atoms with E-state index in [-0.39, 0.29) is 5.91 Å². The third kappa shape index (κ3) is 4.06. The Hall–Kier alpha value is -2.47. The molecule has 0 radical (unpaired) electrons. The normalized spacial score (nSPS) is 18.1. The van der Waals surface area contributed by atoms with Crippen molar-refractivity contribution in [3.63, 3.8) is 0 Å². The second kappa shape index (κ2) is 8.72. The standard InChI is InChI=1S/C24H28N4OS/c29-22(17-20-11-6-10-18-7-4-5-12-21(18)20)27-13-15-28(16-14-27)24-26-25-23(30-24)19-8-2-1-3-9-19/h4-7,10-12,19H,1-3,8-9,13-17H2. The first-order chi connectivity index (χ1) is 14.8. The zero-order valence-electron chi connectivity index (χ0n) is 17.3. The molecular formula is C24H28N4OS. The Morgan fingerprint density at radius 2 is 1.70 bits per heavy atom. The lowest BCUT2D eigenvalue weighted by Gasteiger charge is -2.34. The molecule has 6 heteroatoms. The van der Waals surface area contributed by atoms with E-state index in [1.54, 1.807) is 11.3 Å². The maximum absolute atomic E-state index is 12.9. The van der Waals surface area contributed by atoms with Crippen molar-refractivity contribution in [1.29, 1.82) is 0 Å². The molecule has 1 saturated carbocycles. The number of hydrogen-bond donors (Lipinski definition) is 0. The summed E-state index contributed by atoms with van der Waals surface area (Å²) in [4.78, 5) is 17.2. The third-order valence-electron chi connectivity index (χ3n) is 6.51. The second-order valence-electron chi connectivity index (χ2n) is 8.44. The van der Waals surface area contributed by atoms with Crippen LogP contribution in [-0.2, 0) is 11.2 Å². The molecule has 1 amide bonds. The molecule has 2 heterocycles. The molecule has 0 unspecified atom stereocenters. The Morgan fingerprint density at radius 1 is 0.933 bits per heavy atom. The van der Waals surface area contributed by atoms with Crippen molar-refractivity contribution in [2.24, 2.45) is 0 Å². The molecule has 0 spiro atoms. The topological polar surface area (TPSA) is 49.3 Å². The smallest absolute Gasteiger partial charge is 0.227 e. The number of aromatic nitrogens is 2. The number of fused-ring (bicyclic) bond motifs is 1. The van der Waals surface area contributed by atoms with E-state index in [4.69, 9.17) is 0 Å². The number of amides is 1. The van der Waals surface area contributed by atoms with E-state index in [0.29, 0.717) is 12.3 Å². The van der Waals surface area contributed by atoms with E-state index in [2.05, 4.69) is 39.4 Å². The fourth-order valence-electron chi connectivity index (χ4n) is 4.74. The van der Waals surface area contributed by atoms with Gasteiger partial charge in [-0.1, -0.05) is 73.1 Å². The van der Waals surface area contributed by atoms with Gasteiger partial charge in [-0.2, -0.15) is 0 Å². The Bertz CT molecular complexity index is 1010. The molecule has 0 N–H and O–H groups in total. The van der Waals surface area contributed by atoms with Crippen molar-refractivity contribution in [3.8, 4) is 0 Å². The van der Waals surface area contributed by atoms with Gasteiger partial charge in [0, 0.05) is 32.1 Å². The molecule has 3 aromatic rings. The molecular weight excluding hydrogens is 392 g/mol. The van der Waals surface area contributed by atoms with E-state index >= 15 is 0 Å². The molecule has 0 bridgehead atoms. The van der Waals surface area contributed by atoms with Crippen molar-refractivity contribution in [2.45, 2.75) is 44.4 Å². The summed E-state index contributed by atoms with van der Waals surface area (Å²) in [6, 6.07) is 14.5. The number of anilines is 1. The van der Waals surface area contributed by atoms with Crippen molar-refractivity contribution < 1.29 is 4.79 Å². The number of carbonyl (C=O) groups excluding carboxylic acids is 1. The van der Waals surface area contributed by atoms with Crippen molar-refractivity contribution in [1.82, 2.24) is 15.1 Å². The van der Waals surface area contributed by atoms with Crippen molar-refractivity contribution in [2.75, 3.05) is 31.1 Å². The van der Waals surface area contributed by atoms with Crippen molar-refractivity contribution in [3.05, 3.63) is 53.0 Å². The van der Waals surface area contributed by atoms with Crippen LogP contribution >= 0.6 is 11.3 Å². The summed E-state index contributed by atoms with van der Waals surface area (Å²) in [6.45, 7) is 3.17. The second-order valence-corrected chi connectivity index (χ2v) is 9.43. The van der Waals surface area contributed by atoms with E-state index in [9.17, 15) is 4.79 Å². The van der Waals surface area contributed by atoms with Crippen LogP contribution in [0.5, 0.6) is 0 Å². The number of hydrogen-bond acceptors (Lipinski definition) is 5. The van der Waals surface area contributed by atoms with E-state index in [0.717, 1.165) is 36.9 Å². The van der Waals surface area contributed by atoms with Crippen LogP contribution in [0.25, 0.3) is 10.8 Å². The third-order valence-corrected chi connectivity index (χ3v) is 7.66. The Labute approximate surface area is 181 Å². The molecule has 1 aliphatic heterocycles. The number of piperazine rings is 1. The van der Waals surface area contributed by atoms with E-state index in [1.165, 1.54) is 47.9 Å². The highest BCUT2D eigenvalue weighted by Crippen LogP contribution is 2.36. The molecule has 1 saturated heterocycles. The lowest BCUT2D eigenvalue weighted by Crippen LogP contribution is -2.49. The fraction of sp³-hybridized carbons (Fsp3) is 0.458. The zero-order valence-corrected chi connectivity index (χ0v) is 18.1. The van der Waals surface area contributed by atoms with Gasteiger partial charge in [-0.15, -0.1) is 10.2 Å². The molecule has 30 heavy (non-hydrogen) atoms. The molecule has 2 aromatic carbocycles. The first-order valence-corrected chi connectivity index (χ1v) is 11.9. The predicted octanol–water partition coefficient (Wildman–Crippen LogP) is 4.63. The summed E-state index contributed by atoms with van der Waals surface area (Å²) in [5.74, 6) is 0.819. The highest BCUT2D eigenvalue weighted by molar-refractivity contribution is 7.15. The Morgan fingerprint density at radius 3 is 2.53 bits per heavy atom. The first kappa shape index (κ1) is 19.5. The van der Waals surface area contributed by atoms with Gasteiger partial charge < -0.3 is 9.80 Å². The van der Waals surface area contributed by atoms with Crippen LogP contribution in [0.15, 0.2) is 42.5 Å². The number of rotatable bonds is 4. The average Bonchev–Trinajstić information content (AvgIpc) is 3.30. The van der Waals surface area contributed by atoms with Gasteiger partial charge in [-0.3, -0.25) is 4.79 Å². The van der Waals surface area contributed by atoms with Gasteiger partial charge in [0.2, 0.25) is 11.0 Å². The summed E-state index contributed by atoms with van der Waals surface area (Å²) in [5, 5.41) is 13.6. The van der Waals surface area contributed by atoms with Gasteiger partial charge >= 0.3 is 0 Å². The minimum Gasteiger partial charge on any atom is -0.343 e. The number of nitrogens with zero attached hydrogens (tertiary/aromatic N) is 4. The fourth-order valence-corrected chi connectivity index (χ4v) is 5.80. The summed E-state index contributed by atoms with van der Waals surface area (Å²) >= 11 is 1.76. The summed E-state index contributed by atoms with van der Waals surface area (Å²) in [7, 11) is 0. The predicted molar refractivity (Wildman–Crippen MR) is 122 cm³/mol. The monoisotopic (exact) mass is 420 g/mol. The Balaban J connectivity index is 1.19. The van der Waals surface area contributed by atoms with Crippen LogP contribution in [0.2, 0.25) is 0 Å². The lowest BCUT2D eigenvalue weighted by atomic mass is 9.90. The SMILES string of the molecule is O=C(Cc1cccc2ccccc12)N1CCN(c2nnc(C3CCCCC3)s2)CC1. The minimum absolute atomic E-state index is 0.214.